The van der Waals surface area contributed by atoms with Gasteiger partial charge in [0.2, 0.25) is 5.78 Å². The van der Waals surface area contributed by atoms with E-state index in [0.29, 0.717) is 50.3 Å². The number of carbonyl (C=O) groups excluding carboxylic acids is 3. The van der Waals surface area contributed by atoms with Gasteiger partial charge < -0.3 is 76.2 Å². The van der Waals surface area contributed by atoms with Crippen LogP contribution in [0.25, 0.3) is 0 Å². The molecule has 13 N–H and O–H groups in total. The van der Waals surface area contributed by atoms with Crippen LogP contribution in [0.15, 0.2) is 295 Å². The summed E-state index contributed by atoms with van der Waals surface area (Å²) in [5.74, 6) is 0.0711. The maximum atomic E-state index is 11.9. The first kappa shape index (κ1) is 91.8. The van der Waals surface area contributed by atoms with Gasteiger partial charge in [0.15, 0.2) is 67.1 Å². The zero-order valence-corrected chi connectivity index (χ0v) is 64.6. The van der Waals surface area contributed by atoms with Crippen molar-refractivity contribution in [2.75, 3.05) is 14.2 Å². The van der Waals surface area contributed by atoms with E-state index in [-0.39, 0.29) is 127 Å². The fraction of sp³-hybridized carbons (Fsp3) is 0.143. The van der Waals surface area contributed by atoms with Crippen molar-refractivity contribution in [1.29, 1.82) is 0 Å². The average molecular weight is 1610 g/mol. The minimum absolute atomic E-state index is 0. The maximum Gasteiger partial charge on any atom is 0.220 e. The van der Waals surface area contributed by atoms with E-state index in [1.54, 1.807) is 117 Å². The van der Waals surface area contributed by atoms with E-state index in [1.807, 2.05) is 74.5 Å². The lowest BCUT2D eigenvalue weighted by Crippen LogP contribution is -2.14. The highest BCUT2D eigenvalue weighted by Gasteiger charge is 2.16. The number of aromatic hydroxyl groups is 10. The van der Waals surface area contributed by atoms with Crippen LogP contribution in [-0.4, -0.2) is 146 Å². The SMILES string of the molecule is C.CC1=CC(=O)C(=CN(O)Cc2ccc(O)cc2O)C=C1.COC1=CC(=CN(O)Cc2ccc(O)cc2O)C=CC1=O.COc1cc(C/[N+]([O-])=C/c2ccc(C)c(O)c2)ccc1O.Cc1ccc(/C=[N+](\[O-])Cc2ccc(O)cc2)cc1.Cc1ccc(CN(O)C=C2C=CC=CC2=O)cc1O.[O-]/[N+](=C\c1ccccc1)Cc1ccc(O)cc1O. The lowest BCUT2D eigenvalue weighted by molar-refractivity contribution is -0.469. The second-order valence-electron chi connectivity index (χ2n) is 26.4. The van der Waals surface area contributed by atoms with Crippen LogP contribution in [0.3, 0.4) is 0 Å². The number of methoxy groups -OCH3 is 2. The first-order valence-electron chi connectivity index (χ1n) is 35.8. The van der Waals surface area contributed by atoms with E-state index >= 15 is 0 Å². The Kier molecular flexibility index (Phi) is 35.5. The van der Waals surface area contributed by atoms with Gasteiger partial charge >= 0.3 is 0 Å². The van der Waals surface area contributed by atoms with Gasteiger partial charge in [-0.05, 0) is 219 Å². The normalized spacial score (nSPS) is 13.8. The zero-order valence-electron chi connectivity index (χ0n) is 64.6. The van der Waals surface area contributed by atoms with Gasteiger partial charge in [-0.2, -0.15) is 0 Å². The molecule has 0 bridgehead atoms. The Labute approximate surface area is 682 Å². The monoisotopic (exact) mass is 1610 g/mol. The Hall–Kier alpha value is -15.1. The molecule has 0 heterocycles. The molecule has 0 unspecified atom stereocenters. The van der Waals surface area contributed by atoms with Crippen LogP contribution in [0.5, 0.6) is 63.2 Å². The van der Waals surface area contributed by atoms with Crippen molar-refractivity contribution in [3.8, 4) is 63.2 Å². The molecule has 0 aliphatic heterocycles. The molecule has 0 saturated carbocycles. The summed E-state index contributed by atoms with van der Waals surface area (Å²) in [5.41, 5.74) is 10.9. The molecule has 3 aliphatic rings. The molecule has 0 atom stereocenters. The highest BCUT2D eigenvalue weighted by atomic mass is 16.5. The van der Waals surface area contributed by atoms with Crippen molar-refractivity contribution in [3.05, 3.63) is 378 Å². The number of aryl methyl sites for hydroxylation is 3. The van der Waals surface area contributed by atoms with Gasteiger partial charge in [-0.3, -0.25) is 45.2 Å². The third-order valence-corrected chi connectivity index (χ3v) is 16.8. The highest BCUT2D eigenvalue weighted by Crippen LogP contribution is 2.30. The maximum absolute atomic E-state index is 11.9. The first-order chi connectivity index (χ1) is 55.8. The number of ketones is 3. The van der Waals surface area contributed by atoms with Crippen LogP contribution in [0, 0.1) is 36.4 Å². The number of phenols is 10. The number of nitrogens with zero attached hydrogens (tertiary/aromatic N) is 6. The third kappa shape index (κ3) is 31.1. The van der Waals surface area contributed by atoms with E-state index in [4.69, 9.17) is 19.7 Å². The Morgan fingerprint density at radius 3 is 1.39 bits per heavy atom. The molecule has 27 heteroatoms. The predicted octanol–water partition coefficient (Wildman–Crippen LogP) is 14.8. The van der Waals surface area contributed by atoms with Crippen LogP contribution >= 0.6 is 0 Å². The molecule has 27 nitrogen and oxygen atoms in total. The number of allylic oxidation sites excluding steroid dienone is 14. The number of hydrogen-bond acceptors (Lipinski definition) is 24. The smallest absolute Gasteiger partial charge is 0.220 e. The van der Waals surface area contributed by atoms with Crippen molar-refractivity contribution in [1.82, 2.24) is 15.2 Å². The number of hydrogen-bond donors (Lipinski definition) is 13. The summed E-state index contributed by atoms with van der Waals surface area (Å²) >= 11 is 0. The average Bonchev–Trinajstić information content (AvgIpc) is 0.868. The number of phenolic OH excluding ortho intramolecular Hbond substituents is 10. The minimum Gasteiger partial charge on any atom is -0.624 e. The molecule has 12 rings (SSSR count). The van der Waals surface area contributed by atoms with Crippen molar-refractivity contribution >= 4 is 36.0 Å². The summed E-state index contributed by atoms with van der Waals surface area (Å²) in [5, 5.41) is 162. The topological polar surface area (TPSA) is 421 Å². The quantitative estimate of drug-likeness (QED) is 0.0111. The highest BCUT2D eigenvalue weighted by molar-refractivity contribution is 6.08. The first-order valence-corrected chi connectivity index (χ1v) is 35.8. The lowest BCUT2D eigenvalue weighted by atomic mass is 10.0. The second-order valence-corrected chi connectivity index (χ2v) is 26.4. The van der Waals surface area contributed by atoms with E-state index in [9.17, 15) is 86.5 Å². The molecular weight excluding hydrogens is 1510 g/mol. The fourth-order valence-electron chi connectivity index (χ4n) is 10.6. The van der Waals surface area contributed by atoms with Crippen LogP contribution in [-0.2, 0) is 58.4 Å². The standard InChI is InChI=1S/C16H17NO4.C15H15NO5.C15H15NO4.C15H15NO3.C15H15NO2.C14H13NO3.CH4/c1-11-3-4-12(7-15(11)19)9-17(20)10-13-5-6-14(18)16(8-13)21-2;1-21-15-6-10(2-5-13(15)18)8-16(20)9-11-3-4-12(17)7-14(11)19;1-10-2-3-11(14(18)6-10)8-16(20)9-12-4-5-13(17)7-15(12)19;1-11-6-7-12(8-15(11)18)9-16(19)10-13-4-2-3-5-14(13)17;1-12-2-4-13(5-3-12)10-16(18)11-14-6-8-15(17)9-7-14;16-13-7-6-12(14(17)8-13)10-15(18)9-11-4-2-1-3-5-11;/h3-9,18-19H,10H2,1-2H3;2-8,17,19-20H,9H2,1H3;2-8,17,19-20H,9H2,1H3;2-8,10,18-19H,9H2,1H3;2-10,17H,11H2,1H3;1-9,16-17H,10H2;1H4/b17-9-;;;;16-10-;15-9-;. The van der Waals surface area contributed by atoms with E-state index in [2.05, 4.69) is 0 Å². The molecule has 9 aromatic rings. The number of ether oxygens (including phenoxy) is 2. The summed E-state index contributed by atoms with van der Waals surface area (Å²) < 4.78 is 12.3. The van der Waals surface area contributed by atoms with E-state index in [1.165, 1.54) is 142 Å². The summed E-state index contributed by atoms with van der Waals surface area (Å²) in [6.45, 7) is 8.05. The van der Waals surface area contributed by atoms with Gasteiger partial charge in [0.05, 0.1) is 39.4 Å². The molecule has 0 spiro atoms. The molecule has 0 aromatic heterocycles. The summed E-state index contributed by atoms with van der Waals surface area (Å²) in [6, 6.07) is 51.0. The third-order valence-electron chi connectivity index (χ3n) is 16.8. The van der Waals surface area contributed by atoms with Crippen LogP contribution < -0.4 is 4.74 Å². The van der Waals surface area contributed by atoms with E-state index < -0.39 is 0 Å². The van der Waals surface area contributed by atoms with Gasteiger partial charge in [-0.15, -0.1) is 0 Å². The van der Waals surface area contributed by atoms with Gasteiger partial charge in [0.1, 0.15) is 51.7 Å². The van der Waals surface area contributed by atoms with E-state index in [0.717, 1.165) is 68.4 Å². The zero-order chi connectivity index (χ0) is 85.3. The number of hydroxylamine groups is 9. The number of benzene rings is 9. The summed E-state index contributed by atoms with van der Waals surface area (Å²) in [4.78, 5) is 34.6. The van der Waals surface area contributed by atoms with Crippen molar-refractivity contribution < 1.29 is 105 Å². The van der Waals surface area contributed by atoms with Crippen LogP contribution in [0.4, 0.5) is 0 Å². The summed E-state index contributed by atoms with van der Waals surface area (Å²) in [6.07, 6.45) is 24.2. The van der Waals surface area contributed by atoms with Gasteiger partial charge in [-0.25, -0.2) is 14.2 Å². The van der Waals surface area contributed by atoms with Gasteiger partial charge in [0, 0.05) is 86.9 Å². The number of rotatable bonds is 20. The molecule has 9 aromatic carbocycles. The molecular formula is C91H94N6O21. The largest absolute Gasteiger partial charge is 0.624 e. The van der Waals surface area contributed by atoms with Crippen LogP contribution in [0.2, 0.25) is 0 Å². The molecule has 614 valence electrons. The van der Waals surface area contributed by atoms with Crippen LogP contribution in [0.1, 0.15) is 81.1 Å². The predicted molar refractivity (Wildman–Crippen MR) is 446 cm³/mol. The van der Waals surface area contributed by atoms with Gasteiger partial charge in [-0.1, -0.05) is 79.7 Å². The Morgan fingerprint density at radius 1 is 0.373 bits per heavy atom. The fourth-order valence-corrected chi connectivity index (χ4v) is 10.6. The Bertz CT molecular complexity index is 5350. The van der Waals surface area contributed by atoms with Gasteiger partial charge in [0.25, 0.3) is 0 Å². The Balaban J connectivity index is 0.000000220. The molecule has 0 radical (unpaired) electrons. The molecule has 0 amide bonds. The number of carbonyl (C=O) groups is 3. The second kappa shape index (κ2) is 45.6. The molecule has 0 fully saturated rings. The minimum atomic E-state index is -0.240. The van der Waals surface area contributed by atoms with Crippen molar-refractivity contribution in [2.45, 2.75) is 74.4 Å². The Morgan fingerprint density at radius 2 is 0.847 bits per heavy atom. The molecule has 118 heavy (non-hydrogen) atoms. The molecule has 3 aliphatic carbocycles. The summed E-state index contributed by atoms with van der Waals surface area (Å²) in [7, 11) is 2.85. The molecule has 0 saturated heterocycles. The van der Waals surface area contributed by atoms with Crippen molar-refractivity contribution in [2.24, 2.45) is 0 Å². The lowest BCUT2D eigenvalue weighted by Gasteiger charge is -2.15. The van der Waals surface area contributed by atoms with Crippen molar-refractivity contribution in [3.63, 3.8) is 0 Å².